The largest absolute Gasteiger partial charge is 0.490 e. The Kier molecular flexibility index (Phi) is 5.31. The van der Waals surface area contributed by atoms with Crippen molar-refractivity contribution in [3.63, 3.8) is 0 Å². The maximum Gasteiger partial charge on any atom is 0.229 e. The van der Waals surface area contributed by atoms with Crippen molar-refractivity contribution in [2.45, 2.75) is 37.8 Å². The van der Waals surface area contributed by atoms with Crippen molar-refractivity contribution in [2.24, 2.45) is 0 Å². The fourth-order valence-corrected chi connectivity index (χ4v) is 4.93. The number of sulfonamides is 1. The summed E-state index contributed by atoms with van der Waals surface area (Å²) in [6, 6.07) is 15.9. The van der Waals surface area contributed by atoms with Crippen molar-refractivity contribution in [1.29, 1.82) is 5.26 Å². The number of nitriles is 1. The smallest absolute Gasteiger partial charge is 0.229 e. The molecule has 0 radical (unpaired) electrons. The van der Waals surface area contributed by atoms with Gasteiger partial charge in [0.05, 0.1) is 36.2 Å². The van der Waals surface area contributed by atoms with Crippen LogP contribution in [-0.2, 0) is 14.8 Å². The SMILES string of the molecule is CS(=O)(=O)Nc1ccc(-c2c(C#N)c3ccc(OC4CCOCC4)cc3n2C2CC2)cc1. The van der Waals surface area contributed by atoms with Crippen LogP contribution in [-0.4, -0.2) is 38.6 Å². The fraction of sp³-hybridized carbons (Fsp3) is 0.375. The molecule has 32 heavy (non-hydrogen) atoms. The van der Waals surface area contributed by atoms with Crippen LogP contribution in [0.5, 0.6) is 5.75 Å². The third-order valence-electron chi connectivity index (χ3n) is 5.93. The maximum atomic E-state index is 11.5. The van der Waals surface area contributed by atoms with Crippen LogP contribution in [0.2, 0.25) is 0 Å². The quantitative estimate of drug-likeness (QED) is 0.598. The first-order valence-electron chi connectivity index (χ1n) is 10.8. The van der Waals surface area contributed by atoms with E-state index in [4.69, 9.17) is 9.47 Å². The van der Waals surface area contributed by atoms with Gasteiger partial charge in [-0.1, -0.05) is 12.1 Å². The third-order valence-corrected chi connectivity index (χ3v) is 6.54. The lowest BCUT2D eigenvalue weighted by Gasteiger charge is -2.23. The molecule has 2 heterocycles. The number of aromatic nitrogens is 1. The van der Waals surface area contributed by atoms with Gasteiger partial charge in [0.15, 0.2) is 0 Å². The normalized spacial score (nSPS) is 17.2. The molecule has 1 N–H and O–H groups in total. The summed E-state index contributed by atoms with van der Waals surface area (Å²) in [6.07, 6.45) is 5.17. The molecule has 0 amide bonds. The molecule has 1 saturated carbocycles. The molecule has 5 rings (SSSR count). The molecule has 1 aliphatic carbocycles. The third kappa shape index (κ3) is 4.18. The average molecular weight is 452 g/mol. The zero-order valence-electron chi connectivity index (χ0n) is 17.9. The highest BCUT2D eigenvalue weighted by molar-refractivity contribution is 7.92. The second kappa shape index (κ2) is 8.15. The predicted octanol–water partition coefficient (Wildman–Crippen LogP) is 4.44. The van der Waals surface area contributed by atoms with Crippen LogP contribution < -0.4 is 9.46 Å². The van der Waals surface area contributed by atoms with Gasteiger partial charge >= 0.3 is 0 Å². The highest BCUT2D eigenvalue weighted by Crippen LogP contribution is 2.45. The van der Waals surface area contributed by atoms with Crippen LogP contribution in [0.1, 0.15) is 37.3 Å². The minimum Gasteiger partial charge on any atom is -0.490 e. The van der Waals surface area contributed by atoms with Gasteiger partial charge in [-0.25, -0.2) is 8.42 Å². The molecule has 166 valence electrons. The number of fused-ring (bicyclic) bond motifs is 1. The first kappa shape index (κ1) is 20.9. The number of nitrogens with one attached hydrogen (secondary N) is 1. The summed E-state index contributed by atoms with van der Waals surface area (Å²) in [5, 5.41) is 10.9. The summed E-state index contributed by atoms with van der Waals surface area (Å²) in [5.74, 6) is 0.813. The van der Waals surface area contributed by atoms with Crippen molar-refractivity contribution in [2.75, 3.05) is 24.2 Å². The topological polar surface area (TPSA) is 93.4 Å². The standard InChI is InChI=1S/C24H25N3O4S/c1-32(28,29)26-17-4-2-16(3-5-17)24-22(15-25)21-9-8-20(31-19-10-12-30-13-11-19)14-23(21)27(24)18-6-7-18/h2-5,8-9,14,18-19,26H,6-7,10-13H2,1H3. The van der Waals surface area contributed by atoms with E-state index in [0.29, 0.717) is 17.3 Å². The number of hydrogen-bond donors (Lipinski definition) is 1. The minimum atomic E-state index is -3.35. The zero-order chi connectivity index (χ0) is 22.3. The van der Waals surface area contributed by atoms with Crippen LogP contribution >= 0.6 is 0 Å². The summed E-state index contributed by atoms with van der Waals surface area (Å²) < 4.78 is 39.4. The highest BCUT2D eigenvalue weighted by atomic mass is 32.2. The van der Waals surface area contributed by atoms with Gasteiger partial charge in [0.2, 0.25) is 10.0 Å². The number of benzene rings is 2. The molecule has 0 spiro atoms. The van der Waals surface area contributed by atoms with Crippen LogP contribution in [0.4, 0.5) is 5.69 Å². The summed E-state index contributed by atoms with van der Waals surface area (Å²) in [5.41, 5.74) is 3.89. The number of ether oxygens (including phenoxy) is 2. The predicted molar refractivity (Wildman–Crippen MR) is 123 cm³/mol. The lowest BCUT2D eigenvalue weighted by Crippen LogP contribution is -2.25. The van der Waals surface area contributed by atoms with Crippen molar-refractivity contribution >= 4 is 26.6 Å². The second-order valence-corrected chi connectivity index (χ2v) is 10.2. The molecular weight excluding hydrogens is 426 g/mol. The van der Waals surface area contributed by atoms with E-state index in [-0.39, 0.29) is 6.10 Å². The van der Waals surface area contributed by atoms with Crippen LogP contribution in [0.15, 0.2) is 42.5 Å². The molecule has 0 bridgehead atoms. The van der Waals surface area contributed by atoms with Gasteiger partial charge in [-0.2, -0.15) is 5.26 Å². The maximum absolute atomic E-state index is 11.5. The molecular formula is C24H25N3O4S. The first-order valence-corrected chi connectivity index (χ1v) is 12.7. The van der Waals surface area contributed by atoms with E-state index in [0.717, 1.165) is 73.1 Å². The summed E-state index contributed by atoms with van der Waals surface area (Å²) in [7, 11) is -3.35. The van der Waals surface area contributed by atoms with Crippen molar-refractivity contribution in [1.82, 2.24) is 4.57 Å². The molecule has 7 nitrogen and oxygen atoms in total. The summed E-state index contributed by atoms with van der Waals surface area (Å²) in [6.45, 7) is 1.44. The molecule has 2 fully saturated rings. The van der Waals surface area contributed by atoms with E-state index in [2.05, 4.69) is 15.4 Å². The van der Waals surface area contributed by atoms with E-state index >= 15 is 0 Å². The van der Waals surface area contributed by atoms with E-state index in [1.165, 1.54) is 0 Å². The van der Waals surface area contributed by atoms with Gasteiger partial charge in [0.1, 0.15) is 17.9 Å². The van der Waals surface area contributed by atoms with Crippen LogP contribution in [0.3, 0.4) is 0 Å². The van der Waals surface area contributed by atoms with Crippen molar-refractivity contribution < 1.29 is 17.9 Å². The van der Waals surface area contributed by atoms with Gasteiger partial charge < -0.3 is 14.0 Å². The van der Waals surface area contributed by atoms with E-state index < -0.39 is 10.0 Å². The molecule has 0 atom stereocenters. The van der Waals surface area contributed by atoms with Gasteiger partial charge in [-0.05, 0) is 42.7 Å². The first-order chi connectivity index (χ1) is 15.4. The Balaban J connectivity index is 1.57. The van der Waals surface area contributed by atoms with E-state index in [9.17, 15) is 13.7 Å². The molecule has 8 heteroatoms. The monoisotopic (exact) mass is 451 g/mol. The molecule has 1 aliphatic heterocycles. The molecule has 2 aromatic carbocycles. The van der Waals surface area contributed by atoms with Gasteiger partial charge in [-0.15, -0.1) is 0 Å². The Morgan fingerprint density at radius 3 is 2.44 bits per heavy atom. The Morgan fingerprint density at radius 2 is 1.81 bits per heavy atom. The lowest BCUT2D eigenvalue weighted by molar-refractivity contribution is 0.0256. The zero-order valence-corrected chi connectivity index (χ0v) is 18.7. The van der Waals surface area contributed by atoms with Crippen molar-refractivity contribution in [3.05, 3.63) is 48.0 Å². The molecule has 3 aromatic rings. The van der Waals surface area contributed by atoms with Gasteiger partial charge in [0, 0.05) is 36.0 Å². The second-order valence-electron chi connectivity index (χ2n) is 8.50. The van der Waals surface area contributed by atoms with Crippen LogP contribution in [0, 0.1) is 11.3 Å². The number of rotatable bonds is 6. The lowest BCUT2D eigenvalue weighted by atomic mass is 10.1. The number of anilines is 1. The Hall–Kier alpha value is -3.02. The van der Waals surface area contributed by atoms with E-state index in [1.54, 1.807) is 12.1 Å². The highest BCUT2D eigenvalue weighted by Gasteiger charge is 2.31. The minimum absolute atomic E-state index is 0.148. The summed E-state index contributed by atoms with van der Waals surface area (Å²) >= 11 is 0. The Bertz CT molecular complexity index is 1300. The number of nitrogens with zero attached hydrogens (tertiary/aromatic N) is 2. The Morgan fingerprint density at radius 1 is 1.09 bits per heavy atom. The van der Waals surface area contributed by atoms with Gasteiger partial charge in [0.25, 0.3) is 0 Å². The van der Waals surface area contributed by atoms with E-state index in [1.807, 2.05) is 30.3 Å². The fourth-order valence-electron chi connectivity index (χ4n) is 4.37. The van der Waals surface area contributed by atoms with Gasteiger partial charge in [-0.3, -0.25) is 4.72 Å². The summed E-state index contributed by atoms with van der Waals surface area (Å²) in [4.78, 5) is 0. The average Bonchev–Trinajstić information content (AvgIpc) is 3.55. The molecule has 2 aliphatic rings. The molecule has 0 unspecified atom stereocenters. The molecule has 1 saturated heterocycles. The van der Waals surface area contributed by atoms with Crippen molar-refractivity contribution in [3.8, 4) is 23.1 Å². The molecule has 1 aromatic heterocycles. The Labute approximate surface area is 187 Å². The number of hydrogen-bond acceptors (Lipinski definition) is 5. The van der Waals surface area contributed by atoms with Crippen LogP contribution in [0.25, 0.3) is 22.2 Å².